The summed E-state index contributed by atoms with van der Waals surface area (Å²) in [6.45, 7) is 4.95. The van der Waals surface area contributed by atoms with Gasteiger partial charge in [0.25, 0.3) is 0 Å². The van der Waals surface area contributed by atoms with Crippen LogP contribution in [0, 0.1) is 6.92 Å². The molecule has 3 rings (SSSR count). The second-order valence-electron chi connectivity index (χ2n) is 8.07. The maximum atomic E-state index is 13.3. The number of hydrogen-bond acceptors (Lipinski definition) is 4. The highest BCUT2D eigenvalue weighted by atomic mass is 35.5. The van der Waals surface area contributed by atoms with E-state index in [-0.39, 0.29) is 26.5 Å². The van der Waals surface area contributed by atoms with Gasteiger partial charge in [-0.05, 0) is 31.5 Å². The first kappa shape index (κ1) is 25.3. The number of alkyl halides is 3. The maximum Gasteiger partial charge on any atom is 0.573 e. The summed E-state index contributed by atoms with van der Waals surface area (Å²) in [7, 11) is -3.51. The van der Waals surface area contributed by atoms with E-state index in [1.165, 1.54) is 18.2 Å². The minimum absolute atomic E-state index is 0.0571. The van der Waals surface area contributed by atoms with Crippen molar-refractivity contribution < 1.29 is 31.4 Å². The van der Waals surface area contributed by atoms with Crippen molar-refractivity contribution in [2.75, 3.05) is 6.26 Å². The van der Waals surface area contributed by atoms with Crippen LogP contribution in [0.4, 0.5) is 24.5 Å². The second kappa shape index (κ2) is 8.79. The predicted octanol–water partition coefficient (Wildman–Crippen LogP) is 6.16. The number of halogens is 4. The van der Waals surface area contributed by atoms with E-state index in [0.717, 1.165) is 12.3 Å². The molecule has 0 amide bonds. The molecule has 2 aromatic rings. The molecule has 0 bridgehead atoms. The fourth-order valence-electron chi connectivity index (χ4n) is 4.26. The van der Waals surface area contributed by atoms with Gasteiger partial charge < -0.3 is 9.84 Å². The molecule has 178 valence electrons. The highest BCUT2D eigenvalue weighted by molar-refractivity contribution is 7.90. The summed E-state index contributed by atoms with van der Waals surface area (Å²) in [6.07, 6.45) is -1.02. The maximum absolute atomic E-state index is 13.3. The molecule has 1 aliphatic rings. The van der Waals surface area contributed by atoms with Gasteiger partial charge in [-0.1, -0.05) is 11.6 Å². The number of aliphatic hydroxyl groups is 1. The molecular formula is C23H24ClF3NO4S+. The zero-order chi connectivity index (χ0) is 24.8. The van der Waals surface area contributed by atoms with E-state index in [9.17, 15) is 26.7 Å². The van der Waals surface area contributed by atoms with Gasteiger partial charge in [0.15, 0.2) is 21.3 Å². The van der Waals surface area contributed by atoms with Crippen molar-refractivity contribution in [1.82, 2.24) is 4.48 Å². The molecule has 2 aromatic carbocycles. The average Bonchev–Trinajstić information content (AvgIpc) is 2.95. The van der Waals surface area contributed by atoms with Gasteiger partial charge in [0.05, 0.1) is 11.0 Å². The molecule has 1 heterocycles. The molecule has 2 atom stereocenters. The van der Waals surface area contributed by atoms with Crippen molar-refractivity contribution in [2.24, 2.45) is 0 Å². The van der Waals surface area contributed by atoms with Crippen molar-refractivity contribution >= 4 is 32.8 Å². The number of allylic oxidation sites excluding steroid dienone is 3. The van der Waals surface area contributed by atoms with Crippen LogP contribution in [0.15, 0.2) is 64.8 Å². The lowest BCUT2D eigenvalue weighted by Crippen LogP contribution is -2.41. The van der Waals surface area contributed by atoms with Gasteiger partial charge in [0, 0.05) is 61.0 Å². The highest BCUT2D eigenvalue weighted by Crippen LogP contribution is 2.53. The van der Waals surface area contributed by atoms with Crippen LogP contribution in [0.5, 0.6) is 5.75 Å². The van der Waals surface area contributed by atoms with Crippen LogP contribution in [0.25, 0.3) is 0 Å². The highest BCUT2D eigenvalue weighted by Gasteiger charge is 2.47. The molecule has 1 aliphatic heterocycles. The number of rotatable bonds is 6. The molecule has 0 fully saturated rings. The summed E-state index contributed by atoms with van der Waals surface area (Å²) < 4.78 is 68.3. The average molecular weight is 503 g/mol. The zero-order valence-corrected chi connectivity index (χ0v) is 20.0. The zero-order valence-electron chi connectivity index (χ0n) is 18.4. The van der Waals surface area contributed by atoms with Crippen molar-refractivity contribution in [3.8, 4) is 5.75 Å². The number of quaternary nitrogens is 1. The summed E-state index contributed by atoms with van der Waals surface area (Å²) in [4.78, 5) is 0.120. The first-order valence-electron chi connectivity index (χ1n) is 9.99. The van der Waals surface area contributed by atoms with E-state index in [2.05, 4.69) is 4.74 Å². The quantitative estimate of drug-likeness (QED) is 0.480. The van der Waals surface area contributed by atoms with Crippen molar-refractivity contribution in [1.29, 1.82) is 0 Å². The third-order valence-electron chi connectivity index (χ3n) is 5.44. The van der Waals surface area contributed by atoms with Crippen LogP contribution in [0.2, 0.25) is 5.02 Å². The molecule has 0 aromatic heterocycles. The number of aryl methyl sites for hydroxylation is 1. The Morgan fingerprint density at radius 2 is 1.79 bits per heavy atom. The van der Waals surface area contributed by atoms with Crippen LogP contribution in [-0.4, -0.2) is 32.2 Å². The Bertz CT molecular complexity index is 1250. The second-order valence-corrected chi connectivity index (χ2v) is 10.5. The molecule has 5 nitrogen and oxygen atoms in total. The Labute approximate surface area is 195 Å². The third-order valence-corrected chi connectivity index (χ3v) is 6.93. The molecule has 0 radical (unpaired) electrons. The van der Waals surface area contributed by atoms with Crippen molar-refractivity contribution in [3.05, 3.63) is 70.5 Å². The van der Waals surface area contributed by atoms with Crippen molar-refractivity contribution in [2.45, 2.75) is 44.6 Å². The third kappa shape index (κ3) is 4.96. The van der Waals surface area contributed by atoms with Crippen LogP contribution >= 0.6 is 11.6 Å². The summed E-state index contributed by atoms with van der Waals surface area (Å²) in [6, 6.07) is 8.62. The molecule has 10 heteroatoms. The molecule has 0 aliphatic carbocycles. The monoisotopic (exact) mass is 502 g/mol. The SMILES string of the molecule is CC1=CC=C(C[C@H](C)O)[N+]1(c1ccc(S(C)(=O)=O)c(C)c1)c1ccc(Cl)cc1OC(F)(F)F. The first-order chi connectivity index (χ1) is 15.2. The summed E-state index contributed by atoms with van der Waals surface area (Å²) in [5.74, 6) is -0.494. The van der Waals surface area contributed by atoms with Gasteiger partial charge in [-0.15, -0.1) is 13.2 Å². The van der Waals surface area contributed by atoms with Crippen LogP contribution in [0.3, 0.4) is 0 Å². The smallest absolute Gasteiger partial charge is 0.399 e. The Kier molecular flexibility index (Phi) is 6.74. The molecule has 33 heavy (non-hydrogen) atoms. The van der Waals surface area contributed by atoms with Gasteiger partial charge >= 0.3 is 6.36 Å². The minimum atomic E-state index is -4.97. The van der Waals surface area contributed by atoms with E-state index >= 15 is 0 Å². The fourth-order valence-corrected chi connectivity index (χ4v) is 5.38. The number of sulfone groups is 1. The van der Waals surface area contributed by atoms with E-state index < -0.39 is 28.1 Å². The van der Waals surface area contributed by atoms with Gasteiger partial charge in [-0.25, -0.2) is 8.42 Å². The lowest BCUT2D eigenvalue weighted by molar-refractivity contribution is -0.274. The van der Waals surface area contributed by atoms with Gasteiger partial charge in [0.2, 0.25) is 0 Å². The van der Waals surface area contributed by atoms with E-state index in [4.69, 9.17) is 11.6 Å². The van der Waals surface area contributed by atoms with E-state index in [1.807, 2.05) is 0 Å². The molecule has 0 saturated carbocycles. The number of nitrogens with zero attached hydrogens (tertiary/aromatic N) is 1. The molecule has 0 spiro atoms. The predicted molar refractivity (Wildman–Crippen MR) is 122 cm³/mol. The van der Waals surface area contributed by atoms with Crippen LogP contribution in [-0.2, 0) is 9.84 Å². The van der Waals surface area contributed by atoms with Crippen LogP contribution in [0.1, 0.15) is 25.8 Å². The van der Waals surface area contributed by atoms with E-state index in [0.29, 0.717) is 22.6 Å². The Morgan fingerprint density at radius 3 is 2.33 bits per heavy atom. The van der Waals surface area contributed by atoms with Gasteiger partial charge in [-0.2, -0.15) is 4.48 Å². The summed E-state index contributed by atoms with van der Waals surface area (Å²) >= 11 is 6.01. The summed E-state index contributed by atoms with van der Waals surface area (Å²) in [5.41, 5.74) is 2.28. The minimum Gasteiger partial charge on any atom is -0.399 e. The summed E-state index contributed by atoms with van der Waals surface area (Å²) in [5, 5.41) is 10.2. The van der Waals surface area contributed by atoms with Crippen molar-refractivity contribution in [3.63, 3.8) is 0 Å². The standard InChI is InChI=1S/C23H24ClF3NO4S/c1-14-11-18(8-10-22(14)33(4,30)31)28(15(2)5-7-19(28)12-16(3)29)20-9-6-17(24)13-21(20)32-23(25,26)27/h5-11,13,16,29H,12H2,1-4H3/q+1/t16-,28?/m0/s1. The Morgan fingerprint density at radius 1 is 1.12 bits per heavy atom. The largest absolute Gasteiger partial charge is 0.573 e. The normalized spacial score (nSPS) is 19.8. The van der Waals surface area contributed by atoms with Gasteiger partial charge in [0.1, 0.15) is 17.1 Å². The van der Waals surface area contributed by atoms with Crippen LogP contribution < -0.4 is 9.22 Å². The molecule has 1 N–H and O–H groups in total. The lowest BCUT2D eigenvalue weighted by atomic mass is 10.0. The fraction of sp³-hybridized carbons (Fsp3) is 0.304. The Balaban J connectivity index is 2.38. The molecule has 0 saturated heterocycles. The number of aliphatic hydroxyl groups excluding tert-OH is 1. The molecule has 1 unspecified atom stereocenters. The first-order valence-corrected chi connectivity index (χ1v) is 12.3. The number of benzene rings is 2. The lowest BCUT2D eigenvalue weighted by Gasteiger charge is -2.38. The van der Waals surface area contributed by atoms with E-state index in [1.54, 1.807) is 45.1 Å². The Hall–Kier alpha value is -2.33. The number of ether oxygens (including phenoxy) is 1. The number of hydrogen-bond donors (Lipinski definition) is 1. The topological polar surface area (TPSA) is 63.6 Å². The molecular weight excluding hydrogens is 479 g/mol. The van der Waals surface area contributed by atoms with Gasteiger partial charge in [-0.3, -0.25) is 0 Å².